The molecule has 0 saturated carbocycles. The van der Waals surface area contributed by atoms with Crippen molar-refractivity contribution in [1.29, 1.82) is 0 Å². The maximum Gasteiger partial charge on any atom is 0.410 e. The topological polar surface area (TPSA) is 53.1 Å². The number of carbonyl (C=O) groups excluding carboxylic acids is 2. The fourth-order valence-corrected chi connectivity index (χ4v) is 5.59. The highest BCUT2D eigenvalue weighted by Gasteiger charge is 2.46. The summed E-state index contributed by atoms with van der Waals surface area (Å²) in [7, 11) is 0. The molecule has 4 rings (SSSR count). The van der Waals surface area contributed by atoms with Crippen LogP contribution in [0.5, 0.6) is 0 Å². The van der Waals surface area contributed by atoms with Crippen LogP contribution in [0.3, 0.4) is 0 Å². The monoisotopic (exact) mass is 409 g/mol. The van der Waals surface area contributed by atoms with Crippen LogP contribution in [-0.2, 0) is 14.9 Å². The summed E-state index contributed by atoms with van der Waals surface area (Å²) in [4.78, 5) is 30.5. The minimum Gasteiger partial charge on any atom is -0.436 e. The molecule has 1 aromatic carbocycles. The molecule has 30 heavy (non-hydrogen) atoms. The maximum atomic E-state index is 12.3. The average molecular weight is 410 g/mol. The van der Waals surface area contributed by atoms with E-state index in [-0.39, 0.29) is 24.0 Å². The minimum atomic E-state index is -0.296. The highest BCUT2D eigenvalue weighted by Crippen LogP contribution is 2.48. The summed E-state index contributed by atoms with van der Waals surface area (Å²) >= 11 is 0. The predicted octanol–water partition coefficient (Wildman–Crippen LogP) is 2.79. The lowest BCUT2D eigenvalue weighted by Crippen LogP contribution is -2.47. The molecule has 1 aromatic rings. The van der Waals surface area contributed by atoms with Gasteiger partial charge in [-0.1, -0.05) is 18.1 Å². The normalized spacial score (nSPS) is 22.8. The number of carbonyl (C=O) groups is 2. The molecule has 2 fully saturated rings. The van der Waals surface area contributed by atoms with E-state index in [2.05, 4.69) is 35.9 Å². The maximum absolute atomic E-state index is 12.3. The zero-order valence-corrected chi connectivity index (χ0v) is 18.0. The largest absolute Gasteiger partial charge is 0.436 e. The van der Waals surface area contributed by atoms with Gasteiger partial charge in [0.2, 0.25) is 5.91 Å². The zero-order valence-electron chi connectivity index (χ0n) is 18.0. The van der Waals surface area contributed by atoms with E-state index in [1.165, 1.54) is 11.1 Å². The number of terminal acetylenes is 1. The second-order valence-electron chi connectivity index (χ2n) is 9.01. The lowest BCUT2D eigenvalue weighted by atomic mass is 9.72. The summed E-state index contributed by atoms with van der Waals surface area (Å²) in [5.41, 5.74) is 3.85. The van der Waals surface area contributed by atoms with Crippen molar-refractivity contribution in [3.63, 3.8) is 0 Å². The molecule has 6 heteroatoms. The summed E-state index contributed by atoms with van der Waals surface area (Å²) in [6, 6.07) is 6.32. The lowest BCUT2D eigenvalue weighted by Gasteiger charge is -2.41. The van der Waals surface area contributed by atoms with Crippen LogP contribution in [0.1, 0.15) is 37.3 Å². The van der Waals surface area contributed by atoms with E-state index in [0.717, 1.165) is 64.2 Å². The van der Waals surface area contributed by atoms with E-state index in [4.69, 9.17) is 11.2 Å². The van der Waals surface area contributed by atoms with Crippen LogP contribution in [-0.4, -0.2) is 67.7 Å². The van der Waals surface area contributed by atoms with Gasteiger partial charge in [-0.2, -0.15) is 0 Å². The fourth-order valence-electron chi connectivity index (χ4n) is 5.59. The van der Waals surface area contributed by atoms with Gasteiger partial charge in [0.1, 0.15) is 0 Å². The predicted molar refractivity (Wildman–Crippen MR) is 116 cm³/mol. The molecule has 2 amide bonds. The van der Waals surface area contributed by atoms with Crippen molar-refractivity contribution in [2.24, 2.45) is 5.92 Å². The molecule has 0 N–H and O–H groups in total. The van der Waals surface area contributed by atoms with Gasteiger partial charge in [-0.15, -0.1) is 6.42 Å². The number of aryl methyl sites for hydroxylation is 1. The molecular formula is C24H31N3O3. The molecule has 0 radical (unpaired) electrons. The van der Waals surface area contributed by atoms with E-state index in [1.54, 1.807) is 11.8 Å². The number of likely N-dealkylation sites (tertiary alicyclic amines) is 2. The van der Waals surface area contributed by atoms with Gasteiger partial charge >= 0.3 is 6.09 Å². The first-order valence-electron chi connectivity index (χ1n) is 10.9. The summed E-state index contributed by atoms with van der Waals surface area (Å²) in [6.45, 7) is 9.21. The van der Waals surface area contributed by atoms with Crippen molar-refractivity contribution in [2.45, 2.75) is 38.5 Å². The molecule has 3 aliphatic rings. The standard InChI is InChI=1S/C24H31N3O3/c1-4-14-30-23(29)26-11-8-20(16-26)15-25-12-9-24(10-13-25)17-27(19(3)28)21-7-5-6-18(2)22(21)24/h1,5-7,20H,8-17H2,2-3H3/t20-/m0/s1. The molecule has 2 saturated heterocycles. The van der Waals surface area contributed by atoms with E-state index in [0.29, 0.717) is 5.92 Å². The van der Waals surface area contributed by atoms with Crippen LogP contribution in [0.4, 0.5) is 10.5 Å². The zero-order chi connectivity index (χ0) is 21.3. The molecule has 0 aromatic heterocycles. The molecule has 0 aliphatic carbocycles. The van der Waals surface area contributed by atoms with Gasteiger partial charge in [-0.3, -0.25) is 4.79 Å². The van der Waals surface area contributed by atoms with Gasteiger partial charge in [0, 0.05) is 44.2 Å². The highest BCUT2D eigenvalue weighted by molar-refractivity contribution is 5.95. The number of nitrogens with zero attached hydrogens (tertiary/aromatic N) is 3. The number of hydrogen-bond acceptors (Lipinski definition) is 4. The average Bonchev–Trinajstić information content (AvgIpc) is 3.32. The summed E-state index contributed by atoms with van der Waals surface area (Å²) in [5, 5.41) is 0. The third-order valence-electron chi connectivity index (χ3n) is 7.07. The molecule has 1 atom stereocenters. The Kier molecular flexibility index (Phi) is 5.75. The summed E-state index contributed by atoms with van der Waals surface area (Å²) < 4.78 is 5.06. The van der Waals surface area contributed by atoms with Crippen LogP contribution in [0, 0.1) is 25.2 Å². The molecular weight excluding hydrogens is 378 g/mol. The SMILES string of the molecule is C#CCOC(=O)N1CC[C@@H](CN2CCC3(CC2)CN(C(C)=O)c2cccc(C)c23)C1. The summed E-state index contributed by atoms with van der Waals surface area (Å²) in [6.07, 6.45) is 8.01. The number of anilines is 1. The molecule has 0 unspecified atom stereocenters. The van der Waals surface area contributed by atoms with Gasteiger partial charge in [0.05, 0.1) is 0 Å². The van der Waals surface area contributed by atoms with Gasteiger partial charge in [0.15, 0.2) is 6.61 Å². The Hall–Kier alpha value is -2.52. The van der Waals surface area contributed by atoms with Crippen molar-refractivity contribution in [3.05, 3.63) is 29.3 Å². The number of benzene rings is 1. The minimum absolute atomic E-state index is 0.0341. The number of rotatable bonds is 3. The van der Waals surface area contributed by atoms with Crippen molar-refractivity contribution in [1.82, 2.24) is 9.80 Å². The van der Waals surface area contributed by atoms with Crippen molar-refractivity contribution < 1.29 is 14.3 Å². The first kappa shape index (κ1) is 20.7. The Morgan fingerprint density at radius 3 is 2.73 bits per heavy atom. The second-order valence-corrected chi connectivity index (χ2v) is 9.01. The van der Waals surface area contributed by atoms with Crippen molar-refractivity contribution in [3.8, 4) is 12.3 Å². The number of piperidine rings is 1. The quantitative estimate of drug-likeness (QED) is 0.721. The molecule has 1 spiro atoms. The van der Waals surface area contributed by atoms with Crippen molar-refractivity contribution >= 4 is 17.7 Å². The fraction of sp³-hybridized carbons (Fsp3) is 0.583. The number of amides is 2. The number of fused-ring (bicyclic) bond motifs is 2. The number of hydrogen-bond donors (Lipinski definition) is 0. The second kappa shape index (κ2) is 8.31. The van der Waals surface area contributed by atoms with E-state index in [9.17, 15) is 9.59 Å². The third kappa shape index (κ3) is 3.79. The van der Waals surface area contributed by atoms with Gasteiger partial charge < -0.3 is 19.4 Å². The highest BCUT2D eigenvalue weighted by atomic mass is 16.6. The molecule has 160 valence electrons. The van der Waals surface area contributed by atoms with Gasteiger partial charge in [-0.25, -0.2) is 4.79 Å². The first-order valence-corrected chi connectivity index (χ1v) is 10.9. The Morgan fingerprint density at radius 2 is 2.03 bits per heavy atom. The molecule has 0 bridgehead atoms. The van der Waals surface area contributed by atoms with Crippen molar-refractivity contribution in [2.75, 3.05) is 50.8 Å². The lowest BCUT2D eigenvalue weighted by molar-refractivity contribution is -0.116. The van der Waals surface area contributed by atoms with Crippen LogP contribution >= 0.6 is 0 Å². The Bertz CT molecular complexity index is 867. The van der Waals surface area contributed by atoms with E-state index >= 15 is 0 Å². The van der Waals surface area contributed by atoms with Gasteiger partial charge in [0.25, 0.3) is 0 Å². The van der Waals surface area contributed by atoms with Crippen LogP contribution in [0.15, 0.2) is 18.2 Å². The Labute approximate surface area is 179 Å². The smallest absolute Gasteiger partial charge is 0.410 e. The number of ether oxygens (including phenoxy) is 1. The van der Waals surface area contributed by atoms with Crippen LogP contribution in [0.2, 0.25) is 0 Å². The van der Waals surface area contributed by atoms with Crippen LogP contribution in [0.25, 0.3) is 0 Å². The van der Waals surface area contributed by atoms with Gasteiger partial charge in [-0.05, 0) is 62.4 Å². The summed E-state index contributed by atoms with van der Waals surface area (Å²) in [5.74, 6) is 2.95. The van der Waals surface area contributed by atoms with E-state index in [1.807, 2.05) is 4.90 Å². The Balaban J connectivity index is 1.37. The third-order valence-corrected chi connectivity index (χ3v) is 7.07. The van der Waals surface area contributed by atoms with E-state index < -0.39 is 0 Å². The first-order chi connectivity index (χ1) is 14.4. The van der Waals surface area contributed by atoms with Crippen LogP contribution < -0.4 is 4.90 Å². The molecule has 6 nitrogen and oxygen atoms in total. The molecule has 3 heterocycles. The molecule has 3 aliphatic heterocycles. The Morgan fingerprint density at radius 1 is 1.27 bits per heavy atom.